The molecule has 0 N–H and O–H groups in total. The summed E-state index contributed by atoms with van der Waals surface area (Å²) >= 11 is -0.820. The second kappa shape index (κ2) is 9.42. The highest BCUT2D eigenvalue weighted by molar-refractivity contribution is 7.90. The van der Waals surface area contributed by atoms with Crippen molar-refractivity contribution in [1.29, 1.82) is 0 Å². The summed E-state index contributed by atoms with van der Waals surface area (Å²) in [6.07, 6.45) is 4.73. The Hall–Kier alpha value is -1.52. The number of aromatic nitrogens is 1. The van der Waals surface area contributed by atoms with Gasteiger partial charge in [0, 0.05) is 6.20 Å². The first-order chi connectivity index (χ1) is 10.3. The number of hydrogen-bond donors (Lipinski definition) is 0. The molecule has 1 unspecified atom stereocenters. The van der Waals surface area contributed by atoms with Crippen molar-refractivity contribution in [3.63, 3.8) is 0 Å². The summed E-state index contributed by atoms with van der Waals surface area (Å²) in [5.74, 6) is 2.17. The molecule has 0 saturated carbocycles. The van der Waals surface area contributed by atoms with Crippen molar-refractivity contribution in [3.05, 3.63) is 60.4 Å². The third kappa shape index (κ3) is 6.65. The molecule has 2 rings (SSSR count). The molecule has 2 aromatic rings. The molecule has 21 heavy (non-hydrogen) atoms. The van der Waals surface area contributed by atoms with E-state index < -0.39 is 11.2 Å². The van der Waals surface area contributed by atoms with Gasteiger partial charge in [0.05, 0.1) is 12.3 Å². The number of pyridine rings is 1. The van der Waals surface area contributed by atoms with E-state index in [1.54, 1.807) is 6.20 Å². The summed E-state index contributed by atoms with van der Waals surface area (Å²) in [7, 11) is 0. The Morgan fingerprint density at radius 2 is 1.95 bits per heavy atom. The third-order valence-corrected chi connectivity index (χ3v) is 4.37. The van der Waals surface area contributed by atoms with Gasteiger partial charge in [-0.15, -0.1) is 0 Å². The van der Waals surface area contributed by atoms with E-state index in [9.17, 15) is 4.55 Å². The smallest absolute Gasteiger partial charge is 0.147 e. The van der Waals surface area contributed by atoms with Crippen LogP contribution in [0.1, 0.15) is 25.0 Å². The fourth-order valence-corrected chi connectivity index (χ4v) is 3.09. The van der Waals surface area contributed by atoms with Crippen molar-refractivity contribution in [2.75, 3.05) is 12.4 Å². The second-order valence-corrected chi connectivity index (χ2v) is 6.33. The van der Waals surface area contributed by atoms with Crippen molar-refractivity contribution in [1.82, 2.24) is 4.98 Å². The summed E-state index contributed by atoms with van der Waals surface area (Å²) in [5.41, 5.74) is 0.903. The van der Waals surface area contributed by atoms with Crippen LogP contribution in [0.2, 0.25) is 0 Å². The van der Waals surface area contributed by atoms with Crippen molar-refractivity contribution >= 4 is 11.2 Å². The molecule has 0 aliphatic heterocycles. The maximum Gasteiger partial charge on any atom is 0.147 e. The molecule has 4 heteroatoms. The SMILES string of the molecule is [O-][S+](CCCCCOc1cc[c]cc1)Cc1ccccn1. The Balaban J connectivity index is 1.51. The van der Waals surface area contributed by atoms with E-state index in [1.807, 2.05) is 42.5 Å². The average molecular weight is 302 g/mol. The fraction of sp³-hybridized carbons (Fsp3) is 0.353. The lowest BCUT2D eigenvalue weighted by atomic mass is 10.3. The largest absolute Gasteiger partial charge is 0.616 e. The molecule has 1 aromatic heterocycles. The van der Waals surface area contributed by atoms with Crippen LogP contribution >= 0.6 is 0 Å². The second-order valence-electron chi connectivity index (χ2n) is 4.75. The monoisotopic (exact) mass is 302 g/mol. The number of unbranched alkanes of at least 4 members (excludes halogenated alkanes) is 2. The van der Waals surface area contributed by atoms with Gasteiger partial charge in [0.15, 0.2) is 0 Å². The number of rotatable bonds is 9. The van der Waals surface area contributed by atoms with Crippen LogP contribution in [0.5, 0.6) is 5.75 Å². The maximum absolute atomic E-state index is 11.9. The van der Waals surface area contributed by atoms with E-state index in [-0.39, 0.29) is 0 Å². The molecule has 111 valence electrons. The van der Waals surface area contributed by atoms with E-state index in [1.165, 1.54) is 0 Å². The Labute approximate surface area is 129 Å². The van der Waals surface area contributed by atoms with Gasteiger partial charge in [-0.1, -0.05) is 18.2 Å². The highest BCUT2D eigenvalue weighted by atomic mass is 32.2. The summed E-state index contributed by atoms with van der Waals surface area (Å²) < 4.78 is 17.5. The van der Waals surface area contributed by atoms with Gasteiger partial charge in [0.1, 0.15) is 17.3 Å². The first-order valence-electron chi connectivity index (χ1n) is 7.18. The summed E-state index contributed by atoms with van der Waals surface area (Å²) in [5, 5.41) is 0. The Morgan fingerprint density at radius 3 is 2.71 bits per heavy atom. The van der Waals surface area contributed by atoms with Crippen LogP contribution in [0.3, 0.4) is 0 Å². The zero-order valence-corrected chi connectivity index (χ0v) is 12.8. The Kier molecular flexibility index (Phi) is 7.12. The minimum absolute atomic E-state index is 0.553. The van der Waals surface area contributed by atoms with Gasteiger partial charge in [-0.2, -0.15) is 0 Å². The molecule has 0 aliphatic rings. The van der Waals surface area contributed by atoms with Crippen LogP contribution in [0.4, 0.5) is 0 Å². The lowest BCUT2D eigenvalue weighted by molar-refractivity contribution is 0.306. The molecule has 0 aliphatic carbocycles. The van der Waals surface area contributed by atoms with E-state index in [4.69, 9.17) is 4.74 Å². The quantitative estimate of drug-likeness (QED) is 0.527. The third-order valence-electron chi connectivity index (χ3n) is 3.01. The lowest BCUT2D eigenvalue weighted by Crippen LogP contribution is -2.10. The van der Waals surface area contributed by atoms with Gasteiger partial charge in [0.2, 0.25) is 0 Å². The molecular weight excluding hydrogens is 282 g/mol. The van der Waals surface area contributed by atoms with Gasteiger partial charge in [0.25, 0.3) is 0 Å². The molecule has 0 fully saturated rings. The van der Waals surface area contributed by atoms with Crippen LogP contribution in [0, 0.1) is 6.07 Å². The van der Waals surface area contributed by atoms with Crippen LogP contribution < -0.4 is 4.74 Å². The molecule has 1 aromatic carbocycles. The first kappa shape index (κ1) is 15.9. The molecular formula is C17H20NO2S. The summed E-state index contributed by atoms with van der Waals surface area (Å²) in [6.45, 7) is 0.705. The van der Waals surface area contributed by atoms with Crippen molar-refractivity contribution in [3.8, 4) is 5.75 Å². The zero-order valence-electron chi connectivity index (χ0n) is 12.0. The molecule has 0 amide bonds. The highest BCUT2D eigenvalue weighted by Crippen LogP contribution is 2.10. The molecule has 0 bridgehead atoms. The molecule has 0 saturated heterocycles. The van der Waals surface area contributed by atoms with Gasteiger partial charge < -0.3 is 9.29 Å². The van der Waals surface area contributed by atoms with E-state index in [0.717, 1.165) is 36.5 Å². The highest BCUT2D eigenvalue weighted by Gasteiger charge is 2.07. The number of benzene rings is 1. The minimum Gasteiger partial charge on any atom is -0.616 e. The predicted octanol–water partition coefficient (Wildman–Crippen LogP) is 3.38. The van der Waals surface area contributed by atoms with Gasteiger partial charge in [-0.25, -0.2) is 0 Å². The molecule has 1 atom stereocenters. The minimum atomic E-state index is -0.820. The Bertz CT molecular complexity index is 493. The fourth-order valence-electron chi connectivity index (χ4n) is 1.92. The summed E-state index contributed by atoms with van der Waals surface area (Å²) in [4.78, 5) is 4.19. The standard InChI is InChI=1S/C17H20NO2S/c19-21(15-16-9-5-6-12-18-16)14-8-2-7-13-20-17-10-3-1-4-11-17/h3-6,9-12H,2,7-8,13-15H2. The maximum atomic E-state index is 11.9. The normalized spacial score (nSPS) is 12.0. The van der Waals surface area contributed by atoms with Gasteiger partial charge in [-0.05, 0) is 60.8 Å². The lowest BCUT2D eigenvalue weighted by Gasteiger charge is -2.10. The first-order valence-corrected chi connectivity index (χ1v) is 8.67. The van der Waals surface area contributed by atoms with Gasteiger partial charge >= 0.3 is 0 Å². The number of nitrogens with zero attached hydrogens (tertiary/aromatic N) is 1. The van der Waals surface area contributed by atoms with Crippen LogP contribution in [0.25, 0.3) is 0 Å². The van der Waals surface area contributed by atoms with Crippen molar-refractivity contribution in [2.45, 2.75) is 25.0 Å². The van der Waals surface area contributed by atoms with E-state index in [2.05, 4.69) is 11.1 Å². The van der Waals surface area contributed by atoms with Crippen molar-refractivity contribution in [2.24, 2.45) is 0 Å². The van der Waals surface area contributed by atoms with Gasteiger partial charge in [-0.3, -0.25) is 4.98 Å². The zero-order chi connectivity index (χ0) is 14.8. The molecule has 1 heterocycles. The Morgan fingerprint density at radius 1 is 1.10 bits per heavy atom. The van der Waals surface area contributed by atoms with Crippen LogP contribution in [-0.2, 0) is 16.9 Å². The van der Waals surface area contributed by atoms with E-state index >= 15 is 0 Å². The topological polar surface area (TPSA) is 45.2 Å². The van der Waals surface area contributed by atoms with Crippen LogP contribution in [0.15, 0.2) is 48.7 Å². The van der Waals surface area contributed by atoms with Crippen LogP contribution in [-0.4, -0.2) is 21.9 Å². The molecule has 1 radical (unpaired) electrons. The number of ether oxygens (including phenoxy) is 1. The molecule has 3 nitrogen and oxygen atoms in total. The van der Waals surface area contributed by atoms with Crippen molar-refractivity contribution < 1.29 is 9.29 Å². The average Bonchev–Trinajstić information content (AvgIpc) is 2.53. The molecule has 0 spiro atoms. The van der Waals surface area contributed by atoms with E-state index in [0.29, 0.717) is 12.4 Å². The summed E-state index contributed by atoms with van der Waals surface area (Å²) in [6, 6.07) is 16.2. The predicted molar refractivity (Wildman–Crippen MR) is 85.6 cm³/mol. The number of hydrogen-bond acceptors (Lipinski definition) is 3.